The third-order valence-electron chi connectivity index (χ3n) is 2.21. The molecule has 1 nitrogen and oxygen atoms in total. The Morgan fingerprint density at radius 3 is 2.30 bits per heavy atom. The fourth-order valence-corrected chi connectivity index (χ4v) is 2.76. The molecule has 1 fully saturated rings. The molecule has 1 aliphatic rings. The van der Waals surface area contributed by atoms with E-state index >= 15 is 0 Å². The van der Waals surface area contributed by atoms with Gasteiger partial charge in [0.05, 0.1) is 0 Å². The van der Waals surface area contributed by atoms with E-state index < -0.39 is 0 Å². The molecule has 0 aromatic rings. The Morgan fingerprint density at radius 1 is 1.20 bits per heavy atom. The van der Waals surface area contributed by atoms with E-state index in [0.717, 1.165) is 4.05 Å². The van der Waals surface area contributed by atoms with Gasteiger partial charge < -0.3 is 0 Å². The third kappa shape index (κ3) is 2.38. The predicted molar refractivity (Wildman–Crippen MR) is 40.8 cm³/mol. The average Bonchev–Trinajstić information content (AvgIpc) is 2.05. The molecule has 0 aliphatic carbocycles. The van der Waals surface area contributed by atoms with Crippen LogP contribution in [0.15, 0.2) is 0 Å². The molecule has 62 valence electrons. The molecule has 1 rings (SSSR count). The zero-order valence-electron chi connectivity index (χ0n) is 6.94. The normalized spacial score (nSPS) is 25.0. The van der Waals surface area contributed by atoms with Crippen LogP contribution in [0, 0.1) is 0 Å². The summed E-state index contributed by atoms with van der Waals surface area (Å²) >= 11 is 0.445. The van der Waals surface area contributed by atoms with Gasteiger partial charge in [0.15, 0.2) is 0 Å². The van der Waals surface area contributed by atoms with E-state index in [2.05, 4.69) is 16.8 Å². The summed E-state index contributed by atoms with van der Waals surface area (Å²) in [5, 5.41) is 0. The van der Waals surface area contributed by atoms with Crippen molar-refractivity contribution in [2.24, 2.45) is 0 Å². The van der Waals surface area contributed by atoms with Crippen LogP contribution in [0.2, 0.25) is 0 Å². The number of rotatable bonds is 2. The first-order chi connectivity index (χ1) is 4.84. The number of nitrogens with zero attached hydrogens (tertiary/aromatic N) is 1. The second-order valence-electron chi connectivity index (χ2n) is 2.89. The fraction of sp³-hybridized carbons (Fsp3) is 1.00. The molecule has 1 atom stereocenters. The molecule has 1 aliphatic heterocycles. The van der Waals surface area contributed by atoms with Crippen LogP contribution in [0.4, 0.5) is 0 Å². The first-order valence-corrected chi connectivity index (χ1v) is 7.47. The SMILES string of the molecule is C[I-]C(C)N1CCCCC1. The Hall–Kier alpha value is 0.690. The number of alkyl halides is 2. The van der Waals surface area contributed by atoms with Crippen molar-refractivity contribution in [3.05, 3.63) is 0 Å². The van der Waals surface area contributed by atoms with E-state index in [1.54, 1.807) is 0 Å². The molecule has 0 N–H and O–H groups in total. The third-order valence-corrected chi connectivity index (χ3v) is 4.80. The van der Waals surface area contributed by atoms with Crippen molar-refractivity contribution < 1.29 is 21.2 Å². The van der Waals surface area contributed by atoms with E-state index in [0.29, 0.717) is 21.2 Å². The van der Waals surface area contributed by atoms with E-state index in [1.165, 1.54) is 32.4 Å². The summed E-state index contributed by atoms with van der Waals surface area (Å²) in [6, 6.07) is 0. The van der Waals surface area contributed by atoms with Crippen molar-refractivity contribution >= 4 is 0 Å². The second-order valence-corrected chi connectivity index (χ2v) is 5.94. The number of piperidine rings is 1. The molecule has 0 aromatic carbocycles. The quantitative estimate of drug-likeness (QED) is 0.331. The van der Waals surface area contributed by atoms with Crippen molar-refractivity contribution in [3.8, 4) is 0 Å². The first-order valence-electron chi connectivity index (χ1n) is 4.06. The number of likely N-dealkylation sites (tertiary alicyclic amines) is 1. The molecule has 0 radical (unpaired) electrons. The summed E-state index contributed by atoms with van der Waals surface area (Å²) in [6.07, 6.45) is 4.34. The topological polar surface area (TPSA) is 3.24 Å². The van der Waals surface area contributed by atoms with Crippen LogP contribution in [0.25, 0.3) is 0 Å². The summed E-state index contributed by atoms with van der Waals surface area (Å²) in [5.74, 6) is 0. The van der Waals surface area contributed by atoms with Gasteiger partial charge in [-0.1, -0.05) is 0 Å². The summed E-state index contributed by atoms with van der Waals surface area (Å²) < 4.78 is 0.930. The van der Waals surface area contributed by atoms with Crippen LogP contribution in [0.1, 0.15) is 26.2 Å². The predicted octanol–water partition coefficient (Wildman–Crippen LogP) is -1.46. The molecule has 2 heteroatoms. The Kier molecular flexibility index (Phi) is 3.99. The van der Waals surface area contributed by atoms with Crippen molar-refractivity contribution in [1.29, 1.82) is 0 Å². The Bertz CT molecular complexity index is 89.3. The van der Waals surface area contributed by atoms with Crippen molar-refractivity contribution in [1.82, 2.24) is 4.90 Å². The van der Waals surface area contributed by atoms with Crippen LogP contribution in [0.3, 0.4) is 0 Å². The molecule has 0 spiro atoms. The van der Waals surface area contributed by atoms with Crippen LogP contribution in [-0.2, 0) is 0 Å². The van der Waals surface area contributed by atoms with Crippen molar-refractivity contribution in [2.45, 2.75) is 30.2 Å². The van der Waals surface area contributed by atoms with Gasteiger partial charge in [0.1, 0.15) is 0 Å². The van der Waals surface area contributed by atoms with Gasteiger partial charge in [-0.3, -0.25) is 0 Å². The van der Waals surface area contributed by atoms with E-state index in [-0.39, 0.29) is 0 Å². The molecule has 10 heavy (non-hydrogen) atoms. The molecular formula is C8H17IN-. The molecule has 0 aromatic heterocycles. The average molecular weight is 254 g/mol. The fourth-order valence-electron chi connectivity index (χ4n) is 1.41. The minimum absolute atomic E-state index is 0.445. The maximum atomic E-state index is 2.66. The standard InChI is InChI=1S/C8H17IN/c1-8(9-2)10-6-4-3-5-7-10/h8H,3-7H2,1-2H3/q-1. The van der Waals surface area contributed by atoms with Gasteiger partial charge in [-0.25, -0.2) is 0 Å². The van der Waals surface area contributed by atoms with E-state index in [4.69, 9.17) is 0 Å². The number of hydrogen-bond donors (Lipinski definition) is 0. The summed E-state index contributed by atoms with van der Waals surface area (Å²) in [7, 11) is 0. The van der Waals surface area contributed by atoms with E-state index in [1.807, 2.05) is 0 Å². The minimum atomic E-state index is 0.445. The van der Waals surface area contributed by atoms with Gasteiger partial charge in [-0.15, -0.1) is 0 Å². The molecule has 0 bridgehead atoms. The second kappa shape index (κ2) is 4.54. The number of halogens is 1. The molecule has 1 saturated heterocycles. The van der Waals surface area contributed by atoms with Crippen molar-refractivity contribution in [2.75, 3.05) is 18.0 Å². The maximum absolute atomic E-state index is 2.66. The van der Waals surface area contributed by atoms with Gasteiger partial charge in [-0.05, 0) is 0 Å². The Balaban J connectivity index is 2.24. The van der Waals surface area contributed by atoms with Crippen LogP contribution in [-0.4, -0.2) is 27.0 Å². The van der Waals surface area contributed by atoms with Gasteiger partial charge in [-0.2, -0.15) is 0 Å². The van der Waals surface area contributed by atoms with Gasteiger partial charge in [0, 0.05) is 0 Å². The van der Waals surface area contributed by atoms with Crippen LogP contribution >= 0.6 is 0 Å². The Labute approximate surface area is 74.4 Å². The molecule has 1 unspecified atom stereocenters. The van der Waals surface area contributed by atoms with Crippen LogP contribution in [0.5, 0.6) is 0 Å². The zero-order chi connectivity index (χ0) is 7.40. The molecule has 0 saturated carbocycles. The number of hydrogen-bond acceptors (Lipinski definition) is 1. The van der Waals surface area contributed by atoms with Crippen molar-refractivity contribution in [3.63, 3.8) is 0 Å². The summed E-state index contributed by atoms with van der Waals surface area (Å²) in [4.78, 5) is 5.05. The summed E-state index contributed by atoms with van der Waals surface area (Å²) in [6.45, 7) is 5.13. The molecule has 1 heterocycles. The molecule has 0 amide bonds. The Morgan fingerprint density at radius 2 is 1.80 bits per heavy atom. The summed E-state index contributed by atoms with van der Waals surface area (Å²) in [5.41, 5.74) is 0. The first kappa shape index (κ1) is 8.78. The van der Waals surface area contributed by atoms with Gasteiger partial charge in [0.25, 0.3) is 0 Å². The van der Waals surface area contributed by atoms with Crippen LogP contribution < -0.4 is 21.2 Å². The zero-order valence-corrected chi connectivity index (χ0v) is 9.10. The van der Waals surface area contributed by atoms with Gasteiger partial charge >= 0.3 is 74.4 Å². The monoisotopic (exact) mass is 254 g/mol. The van der Waals surface area contributed by atoms with Gasteiger partial charge in [0.2, 0.25) is 0 Å². The van der Waals surface area contributed by atoms with E-state index in [9.17, 15) is 0 Å². The molecular weight excluding hydrogens is 237 g/mol.